The van der Waals surface area contributed by atoms with Crippen LogP contribution in [0.4, 0.5) is 11.4 Å². The molecule has 6 heteroatoms. The second-order valence-electron chi connectivity index (χ2n) is 3.85. The Balaban J connectivity index is 1.87. The third-order valence-electron chi connectivity index (χ3n) is 2.47. The highest BCUT2D eigenvalue weighted by molar-refractivity contribution is 5.43. The first-order chi connectivity index (χ1) is 9.25. The lowest BCUT2D eigenvalue weighted by Crippen LogP contribution is -1.88. The molecule has 0 aliphatic carbocycles. The number of hydrogen-bond donors (Lipinski definition) is 0. The molecule has 0 radical (unpaired) electrons. The van der Waals surface area contributed by atoms with Crippen LogP contribution in [-0.2, 0) is 6.42 Å². The SMILES string of the molecule is O=[N+]([O-])c1ccc(N=NCCc2cccnc2)cc1. The number of nitro groups is 1. The van der Waals surface area contributed by atoms with Crippen LogP contribution in [0.2, 0.25) is 0 Å². The highest BCUT2D eigenvalue weighted by atomic mass is 16.6. The molecule has 0 unspecified atom stereocenters. The van der Waals surface area contributed by atoms with Gasteiger partial charge in [0.15, 0.2) is 0 Å². The van der Waals surface area contributed by atoms with E-state index in [9.17, 15) is 10.1 Å². The van der Waals surface area contributed by atoms with E-state index in [2.05, 4.69) is 15.2 Å². The maximum atomic E-state index is 10.5. The van der Waals surface area contributed by atoms with Gasteiger partial charge in [0.25, 0.3) is 5.69 Å². The number of nitrogens with zero attached hydrogens (tertiary/aromatic N) is 4. The molecule has 0 N–H and O–H groups in total. The summed E-state index contributed by atoms with van der Waals surface area (Å²) in [5.41, 5.74) is 1.76. The molecule has 19 heavy (non-hydrogen) atoms. The minimum atomic E-state index is -0.441. The summed E-state index contributed by atoms with van der Waals surface area (Å²) in [6, 6.07) is 9.83. The van der Waals surface area contributed by atoms with E-state index in [1.54, 1.807) is 24.5 Å². The third kappa shape index (κ3) is 3.95. The zero-order chi connectivity index (χ0) is 13.5. The minimum absolute atomic E-state index is 0.0503. The molecule has 2 rings (SSSR count). The summed E-state index contributed by atoms with van der Waals surface area (Å²) in [6.07, 6.45) is 4.29. The molecule has 6 nitrogen and oxygen atoms in total. The number of rotatable bonds is 5. The average molecular weight is 256 g/mol. The first-order valence-corrected chi connectivity index (χ1v) is 5.76. The number of nitro benzene ring substituents is 1. The minimum Gasteiger partial charge on any atom is -0.264 e. The van der Waals surface area contributed by atoms with Gasteiger partial charge in [0.1, 0.15) is 0 Å². The predicted molar refractivity (Wildman–Crippen MR) is 70.4 cm³/mol. The van der Waals surface area contributed by atoms with Gasteiger partial charge in [-0.3, -0.25) is 15.1 Å². The largest absolute Gasteiger partial charge is 0.269 e. The van der Waals surface area contributed by atoms with Crippen LogP contribution in [0, 0.1) is 10.1 Å². The fourth-order valence-corrected chi connectivity index (χ4v) is 1.50. The Kier molecular flexibility index (Phi) is 4.28. The molecule has 2 aromatic rings. The molecule has 0 aliphatic heterocycles. The molecule has 1 aromatic carbocycles. The molecule has 0 amide bonds. The lowest BCUT2D eigenvalue weighted by molar-refractivity contribution is -0.384. The van der Waals surface area contributed by atoms with Gasteiger partial charge in [-0.1, -0.05) is 6.07 Å². The number of benzene rings is 1. The Morgan fingerprint density at radius 1 is 1.21 bits per heavy atom. The van der Waals surface area contributed by atoms with Gasteiger partial charge >= 0.3 is 0 Å². The van der Waals surface area contributed by atoms with E-state index in [0.29, 0.717) is 12.2 Å². The van der Waals surface area contributed by atoms with Gasteiger partial charge in [-0.15, -0.1) is 0 Å². The van der Waals surface area contributed by atoms with Gasteiger partial charge in [0.05, 0.1) is 17.2 Å². The first kappa shape index (κ1) is 12.8. The Hall–Kier alpha value is -2.63. The van der Waals surface area contributed by atoms with Gasteiger partial charge < -0.3 is 0 Å². The van der Waals surface area contributed by atoms with Crippen LogP contribution in [-0.4, -0.2) is 16.5 Å². The molecule has 0 saturated heterocycles. The zero-order valence-electron chi connectivity index (χ0n) is 10.1. The van der Waals surface area contributed by atoms with Crippen molar-refractivity contribution in [1.29, 1.82) is 0 Å². The Morgan fingerprint density at radius 2 is 2.00 bits per heavy atom. The van der Waals surface area contributed by atoms with Crippen molar-refractivity contribution in [2.75, 3.05) is 6.54 Å². The van der Waals surface area contributed by atoms with E-state index in [4.69, 9.17) is 0 Å². The fourth-order valence-electron chi connectivity index (χ4n) is 1.50. The van der Waals surface area contributed by atoms with E-state index < -0.39 is 4.92 Å². The van der Waals surface area contributed by atoms with Crippen LogP contribution < -0.4 is 0 Å². The van der Waals surface area contributed by atoms with E-state index in [-0.39, 0.29) is 5.69 Å². The van der Waals surface area contributed by atoms with Crippen molar-refractivity contribution < 1.29 is 4.92 Å². The smallest absolute Gasteiger partial charge is 0.264 e. The van der Waals surface area contributed by atoms with Crippen LogP contribution in [0.1, 0.15) is 5.56 Å². The van der Waals surface area contributed by atoms with Crippen molar-refractivity contribution in [3.05, 3.63) is 64.5 Å². The number of aromatic nitrogens is 1. The summed E-state index contributed by atoms with van der Waals surface area (Å²) < 4.78 is 0. The molecule has 0 bridgehead atoms. The van der Waals surface area contributed by atoms with Crippen LogP contribution in [0.3, 0.4) is 0 Å². The third-order valence-corrected chi connectivity index (χ3v) is 2.47. The quantitative estimate of drug-likeness (QED) is 0.467. The Bertz CT molecular complexity index is 567. The highest BCUT2D eigenvalue weighted by Crippen LogP contribution is 2.18. The molecule has 0 spiro atoms. The second-order valence-corrected chi connectivity index (χ2v) is 3.85. The predicted octanol–water partition coefficient (Wildman–Crippen LogP) is 3.32. The number of pyridine rings is 1. The molecule has 1 heterocycles. The highest BCUT2D eigenvalue weighted by Gasteiger charge is 2.02. The van der Waals surface area contributed by atoms with E-state index in [0.717, 1.165) is 12.0 Å². The standard InChI is InChI=1S/C13H12N4O2/c18-17(19)13-5-3-12(4-6-13)16-15-9-7-11-2-1-8-14-10-11/h1-6,8,10H,7,9H2. The molecular formula is C13H12N4O2. The van der Waals surface area contributed by atoms with Crippen LogP contribution in [0.15, 0.2) is 59.0 Å². The molecule has 1 aromatic heterocycles. The van der Waals surface area contributed by atoms with Gasteiger partial charge in [0.2, 0.25) is 0 Å². The molecule has 96 valence electrons. The molecule has 0 atom stereocenters. The van der Waals surface area contributed by atoms with E-state index in [1.165, 1.54) is 12.1 Å². The van der Waals surface area contributed by atoms with Gasteiger partial charge in [-0.05, 0) is 30.2 Å². The number of hydrogen-bond acceptors (Lipinski definition) is 5. The van der Waals surface area contributed by atoms with Crippen LogP contribution >= 0.6 is 0 Å². The van der Waals surface area contributed by atoms with Gasteiger partial charge in [-0.2, -0.15) is 10.2 Å². The van der Waals surface area contributed by atoms with Crippen molar-refractivity contribution >= 4 is 11.4 Å². The van der Waals surface area contributed by atoms with E-state index >= 15 is 0 Å². The Morgan fingerprint density at radius 3 is 2.63 bits per heavy atom. The van der Waals surface area contributed by atoms with Gasteiger partial charge in [-0.25, -0.2) is 0 Å². The number of azo groups is 1. The Labute approximate surface area is 110 Å². The fraction of sp³-hybridized carbons (Fsp3) is 0.154. The topological polar surface area (TPSA) is 80.8 Å². The van der Waals surface area contributed by atoms with E-state index in [1.807, 2.05) is 12.1 Å². The number of non-ortho nitro benzene ring substituents is 1. The maximum absolute atomic E-state index is 10.5. The van der Waals surface area contributed by atoms with Crippen molar-refractivity contribution in [1.82, 2.24) is 4.98 Å². The van der Waals surface area contributed by atoms with Crippen molar-refractivity contribution in [3.8, 4) is 0 Å². The lowest BCUT2D eigenvalue weighted by atomic mass is 10.2. The summed E-state index contributed by atoms with van der Waals surface area (Å²) in [5, 5.41) is 18.5. The van der Waals surface area contributed by atoms with Crippen molar-refractivity contribution in [2.45, 2.75) is 6.42 Å². The summed E-state index contributed by atoms with van der Waals surface area (Å²) >= 11 is 0. The molecule has 0 saturated carbocycles. The molecule has 0 fully saturated rings. The van der Waals surface area contributed by atoms with Crippen molar-refractivity contribution in [3.63, 3.8) is 0 Å². The normalized spacial score (nSPS) is 10.7. The second kappa shape index (κ2) is 6.34. The summed E-state index contributed by atoms with van der Waals surface area (Å²) in [4.78, 5) is 14.0. The maximum Gasteiger partial charge on any atom is 0.269 e. The molecular weight excluding hydrogens is 244 g/mol. The molecule has 0 aliphatic rings. The lowest BCUT2D eigenvalue weighted by Gasteiger charge is -1.95. The average Bonchev–Trinajstić information content (AvgIpc) is 2.45. The van der Waals surface area contributed by atoms with Gasteiger partial charge in [0, 0.05) is 24.5 Å². The van der Waals surface area contributed by atoms with Crippen LogP contribution in [0.25, 0.3) is 0 Å². The monoisotopic (exact) mass is 256 g/mol. The summed E-state index contributed by atoms with van der Waals surface area (Å²) in [7, 11) is 0. The zero-order valence-corrected chi connectivity index (χ0v) is 10.1. The summed E-state index contributed by atoms with van der Waals surface area (Å²) in [5.74, 6) is 0. The first-order valence-electron chi connectivity index (χ1n) is 5.76. The van der Waals surface area contributed by atoms with Crippen LogP contribution in [0.5, 0.6) is 0 Å². The van der Waals surface area contributed by atoms with Crippen molar-refractivity contribution in [2.24, 2.45) is 10.2 Å². The summed E-state index contributed by atoms with van der Waals surface area (Å²) in [6.45, 7) is 0.558.